The summed E-state index contributed by atoms with van der Waals surface area (Å²) in [6, 6.07) is 10.4. The van der Waals surface area contributed by atoms with E-state index in [4.69, 9.17) is 0 Å². The number of hydrogen-bond acceptors (Lipinski definition) is 6. The van der Waals surface area contributed by atoms with E-state index in [2.05, 4.69) is 60.4 Å². The summed E-state index contributed by atoms with van der Waals surface area (Å²) >= 11 is 3.42. The third-order valence-electron chi connectivity index (χ3n) is 4.50. The van der Waals surface area contributed by atoms with Crippen LogP contribution >= 0.6 is 15.9 Å². The highest BCUT2D eigenvalue weighted by Crippen LogP contribution is 2.26. The van der Waals surface area contributed by atoms with Crippen LogP contribution in [0.3, 0.4) is 0 Å². The quantitative estimate of drug-likeness (QED) is 0.768. The number of nitrogens with one attached hydrogen (secondary N) is 1. The number of nitrogens with zero attached hydrogens (tertiary/aromatic N) is 4. The topological polar surface area (TPSA) is 64.5 Å². The van der Waals surface area contributed by atoms with Crippen molar-refractivity contribution in [3.63, 3.8) is 0 Å². The minimum atomic E-state index is -0.750. The minimum Gasteiger partial charge on any atom is -0.387 e. The number of aromatic nitrogens is 2. The summed E-state index contributed by atoms with van der Waals surface area (Å²) < 4.78 is 0.820. The SMILES string of the molecule is CNc1nc(N(C)CC2(O)CCN(Cc3ccccc3)C2)ncc1Br. The molecule has 2 N–H and O–H groups in total. The average Bonchev–Trinajstić information content (AvgIpc) is 2.96. The van der Waals surface area contributed by atoms with Crippen molar-refractivity contribution in [3.8, 4) is 0 Å². The molecule has 1 aliphatic heterocycles. The fraction of sp³-hybridized carbons (Fsp3) is 0.444. The molecule has 7 heteroatoms. The maximum absolute atomic E-state index is 11.0. The zero-order valence-corrected chi connectivity index (χ0v) is 16.2. The molecule has 1 atom stereocenters. The standard InChI is InChI=1S/C18H24BrN5O/c1-20-16-15(19)10-21-17(22-16)23(2)12-18(25)8-9-24(13-18)11-14-6-4-3-5-7-14/h3-7,10,25H,8-9,11-13H2,1-2H3,(H,20,21,22). The summed E-state index contributed by atoms with van der Waals surface area (Å²) in [6.07, 6.45) is 2.48. The van der Waals surface area contributed by atoms with Crippen LogP contribution in [-0.4, -0.2) is 59.3 Å². The fourth-order valence-electron chi connectivity index (χ4n) is 3.28. The van der Waals surface area contributed by atoms with Gasteiger partial charge in [0.15, 0.2) is 0 Å². The highest BCUT2D eigenvalue weighted by atomic mass is 79.9. The normalized spacial score (nSPS) is 20.6. The Bertz CT molecular complexity index is 714. The maximum atomic E-state index is 11.0. The van der Waals surface area contributed by atoms with Gasteiger partial charge in [-0.2, -0.15) is 4.98 Å². The smallest absolute Gasteiger partial charge is 0.227 e. The van der Waals surface area contributed by atoms with Gasteiger partial charge in [0, 0.05) is 39.9 Å². The van der Waals surface area contributed by atoms with Gasteiger partial charge in [0.1, 0.15) is 5.82 Å². The third kappa shape index (κ3) is 4.48. The van der Waals surface area contributed by atoms with E-state index in [1.54, 1.807) is 6.20 Å². The maximum Gasteiger partial charge on any atom is 0.227 e. The molecule has 1 unspecified atom stereocenters. The van der Waals surface area contributed by atoms with E-state index in [0.29, 0.717) is 19.0 Å². The van der Waals surface area contributed by atoms with E-state index in [1.807, 2.05) is 25.1 Å². The van der Waals surface area contributed by atoms with E-state index in [1.165, 1.54) is 5.56 Å². The monoisotopic (exact) mass is 405 g/mol. The molecule has 0 spiro atoms. The Hall–Kier alpha value is -1.70. The Morgan fingerprint density at radius 1 is 1.36 bits per heavy atom. The van der Waals surface area contributed by atoms with Crippen molar-refractivity contribution < 1.29 is 5.11 Å². The highest BCUT2D eigenvalue weighted by molar-refractivity contribution is 9.10. The predicted molar refractivity (Wildman–Crippen MR) is 104 cm³/mol. The molecule has 1 aliphatic rings. The van der Waals surface area contributed by atoms with E-state index in [0.717, 1.165) is 29.8 Å². The number of aliphatic hydroxyl groups is 1. The van der Waals surface area contributed by atoms with Gasteiger partial charge in [0.25, 0.3) is 0 Å². The largest absolute Gasteiger partial charge is 0.387 e. The van der Waals surface area contributed by atoms with Crippen LogP contribution in [-0.2, 0) is 6.54 Å². The second-order valence-electron chi connectivity index (χ2n) is 6.64. The molecule has 1 fully saturated rings. The van der Waals surface area contributed by atoms with Gasteiger partial charge in [-0.05, 0) is 27.9 Å². The third-order valence-corrected chi connectivity index (χ3v) is 5.08. The molecule has 25 heavy (non-hydrogen) atoms. The molecular weight excluding hydrogens is 382 g/mol. The first-order chi connectivity index (χ1) is 12.0. The molecule has 0 bridgehead atoms. The molecule has 0 radical (unpaired) electrons. The zero-order valence-electron chi connectivity index (χ0n) is 14.6. The van der Waals surface area contributed by atoms with Gasteiger partial charge in [0.2, 0.25) is 5.95 Å². The Morgan fingerprint density at radius 3 is 2.84 bits per heavy atom. The number of β-amino-alcohol motifs (C(OH)–C–C–N with tert-alkyl or cyclic N) is 1. The highest BCUT2D eigenvalue weighted by Gasteiger charge is 2.37. The van der Waals surface area contributed by atoms with Crippen LogP contribution < -0.4 is 10.2 Å². The molecule has 134 valence electrons. The van der Waals surface area contributed by atoms with Crippen molar-refractivity contribution in [3.05, 3.63) is 46.6 Å². The number of anilines is 2. The van der Waals surface area contributed by atoms with Crippen molar-refractivity contribution in [1.29, 1.82) is 0 Å². The van der Waals surface area contributed by atoms with Gasteiger partial charge in [-0.3, -0.25) is 4.90 Å². The molecule has 2 heterocycles. The lowest BCUT2D eigenvalue weighted by atomic mass is 10.0. The first-order valence-corrected chi connectivity index (χ1v) is 9.18. The van der Waals surface area contributed by atoms with E-state index in [9.17, 15) is 5.11 Å². The van der Waals surface area contributed by atoms with Crippen molar-refractivity contribution >= 4 is 27.7 Å². The van der Waals surface area contributed by atoms with Crippen LogP contribution in [0.1, 0.15) is 12.0 Å². The predicted octanol–water partition coefficient (Wildman–Crippen LogP) is 2.35. The van der Waals surface area contributed by atoms with E-state index < -0.39 is 5.60 Å². The number of halogens is 1. The van der Waals surface area contributed by atoms with Crippen molar-refractivity contribution in [2.75, 3.05) is 43.9 Å². The molecule has 2 aromatic rings. The number of benzene rings is 1. The van der Waals surface area contributed by atoms with E-state index >= 15 is 0 Å². The molecule has 1 aromatic carbocycles. The summed E-state index contributed by atoms with van der Waals surface area (Å²) in [7, 11) is 3.74. The van der Waals surface area contributed by atoms with Crippen LogP contribution in [0, 0.1) is 0 Å². The number of likely N-dealkylation sites (N-methyl/N-ethyl adjacent to an activating group) is 1. The van der Waals surface area contributed by atoms with Gasteiger partial charge < -0.3 is 15.3 Å². The van der Waals surface area contributed by atoms with Crippen molar-refractivity contribution in [1.82, 2.24) is 14.9 Å². The summed E-state index contributed by atoms with van der Waals surface area (Å²) in [5.74, 6) is 1.34. The Kier molecular flexibility index (Phi) is 5.56. The van der Waals surface area contributed by atoms with Gasteiger partial charge in [-0.1, -0.05) is 30.3 Å². The summed E-state index contributed by atoms with van der Waals surface area (Å²) in [5.41, 5.74) is 0.523. The van der Waals surface area contributed by atoms with Gasteiger partial charge in [0.05, 0.1) is 16.6 Å². The Labute approximate surface area is 157 Å². The second kappa shape index (κ2) is 7.68. The second-order valence-corrected chi connectivity index (χ2v) is 7.50. The molecule has 0 amide bonds. The van der Waals surface area contributed by atoms with Gasteiger partial charge in [-0.25, -0.2) is 4.98 Å². The minimum absolute atomic E-state index is 0.503. The number of likely N-dealkylation sites (tertiary alicyclic amines) is 1. The first-order valence-electron chi connectivity index (χ1n) is 8.39. The molecule has 0 saturated carbocycles. The van der Waals surface area contributed by atoms with Gasteiger partial charge >= 0.3 is 0 Å². The van der Waals surface area contributed by atoms with Crippen LogP contribution in [0.2, 0.25) is 0 Å². The summed E-state index contributed by atoms with van der Waals surface area (Å²) in [4.78, 5) is 13.0. The summed E-state index contributed by atoms with van der Waals surface area (Å²) in [6.45, 7) is 2.92. The lowest BCUT2D eigenvalue weighted by molar-refractivity contribution is 0.0559. The molecule has 3 rings (SSSR count). The Morgan fingerprint density at radius 2 is 2.12 bits per heavy atom. The van der Waals surface area contributed by atoms with E-state index in [-0.39, 0.29) is 0 Å². The zero-order chi connectivity index (χ0) is 17.9. The lowest BCUT2D eigenvalue weighted by Gasteiger charge is -2.29. The van der Waals surface area contributed by atoms with Crippen molar-refractivity contribution in [2.24, 2.45) is 0 Å². The fourth-order valence-corrected chi connectivity index (χ4v) is 3.66. The van der Waals surface area contributed by atoms with Crippen LogP contribution in [0.4, 0.5) is 11.8 Å². The number of rotatable bonds is 6. The molecular formula is C18H24BrN5O. The first kappa shape index (κ1) is 18.1. The summed E-state index contributed by atoms with van der Waals surface area (Å²) in [5, 5.41) is 14.0. The Balaban J connectivity index is 1.62. The average molecular weight is 406 g/mol. The lowest BCUT2D eigenvalue weighted by Crippen LogP contribution is -2.44. The molecule has 1 saturated heterocycles. The molecule has 0 aliphatic carbocycles. The van der Waals surface area contributed by atoms with Gasteiger partial charge in [-0.15, -0.1) is 0 Å². The van der Waals surface area contributed by atoms with Crippen LogP contribution in [0.15, 0.2) is 41.0 Å². The van der Waals surface area contributed by atoms with Crippen LogP contribution in [0.5, 0.6) is 0 Å². The molecule has 1 aromatic heterocycles. The number of hydrogen-bond donors (Lipinski definition) is 2. The molecule has 6 nitrogen and oxygen atoms in total. The van der Waals surface area contributed by atoms with Crippen molar-refractivity contribution in [2.45, 2.75) is 18.6 Å². The van der Waals surface area contributed by atoms with Crippen LogP contribution in [0.25, 0.3) is 0 Å².